The molecule has 2 unspecified atom stereocenters. The smallest absolute Gasteiger partial charge is 0.418 e. The van der Waals surface area contributed by atoms with Gasteiger partial charge in [0.25, 0.3) is 0 Å². The highest BCUT2D eigenvalue weighted by atomic mass is 19.4. The number of benzene rings is 2. The van der Waals surface area contributed by atoms with Crippen LogP contribution in [0.1, 0.15) is 55.4 Å². The Kier molecular flexibility index (Phi) is 8.65. The second-order valence-corrected chi connectivity index (χ2v) is 7.37. The number of carboxylic acid groups (broad SMARTS) is 1. The standard InChI is InChI=1S/C23H27F3N2O4/c1-4-15(13-20(29)30)16-8-11-18(21(32-5-2)23(24,25)26)19(12-16)28-22(31)27-17-9-6-14(3)7-10-17/h6-12,15,21H,4-5,13H2,1-3H3,(H,29,30)(H2,27,28,31). The van der Waals surface area contributed by atoms with Gasteiger partial charge in [0.2, 0.25) is 0 Å². The van der Waals surface area contributed by atoms with Gasteiger partial charge in [-0.05, 0) is 49.9 Å². The van der Waals surface area contributed by atoms with Crippen LogP contribution in [-0.2, 0) is 9.53 Å². The fourth-order valence-electron chi connectivity index (χ4n) is 3.32. The van der Waals surface area contributed by atoms with E-state index in [-0.39, 0.29) is 24.3 Å². The maximum absolute atomic E-state index is 13.7. The average molecular weight is 452 g/mol. The average Bonchev–Trinajstić information content (AvgIpc) is 2.71. The number of hydrogen-bond donors (Lipinski definition) is 3. The molecule has 0 aliphatic rings. The van der Waals surface area contributed by atoms with Crippen LogP contribution in [-0.4, -0.2) is 29.9 Å². The van der Waals surface area contributed by atoms with Crippen LogP contribution in [0, 0.1) is 6.92 Å². The number of amides is 2. The topological polar surface area (TPSA) is 87.7 Å². The summed E-state index contributed by atoms with van der Waals surface area (Å²) in [5, 5.41) is 14.2. The number of hydrogen-bond acceptors (Lipinski definition) is 3. The zero-order valence-corrected chi connectivity index (χ0v) is 18.1. The maximum atomic E-state index is 13.7. The van der Waals surface area contributed by atoms with Gasteiger partial charge >= 0.3 is 18.2 Å². The number of urea groups is 1. The van der Waals surface area contributed by atoms with Crippen molar-refractivity contribution in [3.8, 4) is 0 Å². The van der Waals surface area contributed by atoms with E-state index in [9.17, 15) is 22.8 Å². The van der Waals surface area contributed by atoms with Crippen LogP contribution in [0.15, 0.2) is 42.5 Å². The molecule has 0 aromatic heterocycles. The van der Waals surface area contributed by atoms with Crippen molar-refractivity contribution in [1.82, 2.24) is 0 Å². The molecule has 2 amide bonds. The summed E-state index contributed by atoms with van der Waals surface area (Å²) in [5.74, 6) is -1.44. The van der Waals surface area contributed by atoms with E-state index in [1.807, 2.05) is 6.92 Å². The summed E-state index contributed by atoms with van der Waals surface area (Å²) in [5.41, 5.74) is 1.63. The van der Waals surface area contributed by atoms with Gasteiger partial charge in [0.15, 0.2) is 6.10 Å². The molecule has 32 heavy (non-hydrogen) atoms. The molecule has 2 rings (SSSR count). The maximum Gasteiger partial charge on any atom is 0.418 e. The first-order valence-electron chi connectivity index (χ1n) is 10.2. The van der Waals surface area contributed by atoms with Crippen molar-refractivity contribution in [2.75, 3.05) is 17.2 Å². The number of anilines is 2. The predicted molar refractivity (Wildman–Crippen MR) is 116 cm³/mol. The van der Waals surface area contributed by atoms with Crippen LogP contribution in [0.3, 0.4) is 0 Å². The van der Waals surface area contributed by atoms with Crippen LogP contribution >= 0.6 is 0 Å². The summed E-state index contributed by atoms with van der Waals surface area (Å²) < 4.78 is 45.9. The monoisotopic (exact) mass is 452 g/mol. The van der Waals surface area contributed by atoms with Gasteiger partial charge in [-0.2, -0.15) is 13.2 Å². The molecule has 2 atom stereocenters. The Morgan fingerprint density at radius 2 is 1.72 bits per heavy atom. The quantitative estimate of drug-likeness (QED) is 0.420. The lowest BCUT2D eigenvalue weighted by Gasteiger charge is -2.25. The van der Waals surface area contributed by atoms with Crippen molar-refractivity contribution in [2.45, 2.75) is 51.8 Å². The fourth-order valence-corrected chi connectivity index (χ4v) is 3.32. The molecule has 0 fully saturated rings. The highest BCUT2D eigenvalue weighted by Crippen LogP contribution is 2.40. The van der Waals surface area contributed by atoms with E-state index in [0.29, 0.717) is 17.7 Å². The molecule has 0 radical (unpaired) electrons. The number of alkyl halides is 3. The van der Waals surface area contributed by atoms with Crippen molar-refractivity contribution >= 4 is 23.4 Å². The van der Waals surface area contributed by atoms with Crippen LogP contribution in [0.4, 0.5) is 29.3 Å². The largest absolute Gasteiger partial charge is 0.481 e. The Labute approximate surface area is 184 Å². The van der Waals surface area contributed by atoms with E-state index in [2.05, 4.69) is 10.6 Å². The zero-order valence-electron chi connectivity index (χ0n) is 18.1. The fraction of sp³-hybridized carbons (Fsp3) is 0.391. The Bertz CT molecular complexity index is 930. The van der Waals surface area contributed by atoms with Gasteiger partial charge in [-0.15, -0.1) is 0 Å². The lowest BCUT2D eigenvalue weighted by atomic mass is 9.91. The van der Waals surface area contributed by atoms with Gasteiger partial charge in [-0.3, -0.25) is 4.79 Å². The zero-order chi connectivity index (χ0) is 23.9. The summed E-state index contributed by atoms with van der Waals surface area (Å²) in [6.45, 7) is 4.94. The number of aliphatic carboxylic acids is 1. The van der Waals surface area contributed by atoms with E-state index in [1.165, 1.54) is 25.1 Å². The lowest BCUT2D eigenvalue weighted by Crippen LogP contribution is -2.27. The minimum Gasteiger partial charge on any atom is -0.481 e. The number of ether oxygens (including phenoxy) is 1. The molecule has 0 aliphatic heterocycles. The molecule has 6 nitrogen and oxygen atoms in total. The number of nitrogens with one attached hydrogen (secondary N) is 2. The summed E-state index contributed by atoms with van der Waals surface area (Å²) in [6.07, 6.45) is -6.66. The third kappa shape index (κ3) is 6.98. The van der Waals surface area contributed by atoms with Gasteiger partial charge in [0.1, 0.15) is 0 Å². The number of carboxylic acids is 1. The van der Waals surface area contributed by atoms with Crippen molar-refractivity contribution < 1.29 is 32.6 Å². The molecule has 0 heterocycles. The van der Waals surface area contributed by atoms with Gasteiger partial charge < -0.3 is 20.5 Å². The Balaban J connectivity index is 2.43. The molecule has 0 saturated carbocycles. The first-order valence-corrected chi connectivity index (χ1v) is 10.2. The minimum absolute atomic E-state index is 0.0910. The third-order valence-electron chi connectivity index (χ3n) is 4.93. The molecular formula is C23H27F3N2O4. The van der Waals surface area contributed by atoms with Crippen molar-refractivity contribution in [3.63, 3.8) is 0 Å². The predicted octanol–water partition coefficient (Wildman–Crippen LogP) is 6.25. The summed E-state index contributed by atoms with van der Waals surface area (Å²) in [6, 6.07) is 10.3. The van der Waals surface area contributed by atoms with Gasteiger partial charge in [-0.25, -0.2) is 4.79 Å². The molecule has 2 aromatic rings. The van der Waals surface area contributed by atoms with E-state index in [4.69, 9.17) is 9.84 Å². The highest BCUT2D eigenvalue weighted by molar-refractivity contribution is 6.00. The van der Waals surface area contributed by atoms with Crippen molar-refractivity contribution in [2.24, 2.45) is 0 Å². The molecule has 0 saturated heterocycles. The minimum atomic E-state index is -4.70. The molecule has 0 spiro atoms. The molecule has 3 N–H and O–H groups in total. The van der Waals surface area contributed by atoms with E-state index in [1.54, 1.807) is 31.2 Å². The second kappa shape index (κ2) is 11.0. The SMILES string of the molecule is CCOC(c1ccc(C(CC)CC(=O)O)cc1NC(=O)Nc1ccc(C)cc1)C(F)(F)F. The second-order valence-electron chi connectivity index (χ2n) is 7.37. The summed E-state index contributed by atoms with van der Waals surface area (Å²) in [7, 11) is 0. The summed E-state index contributed by atoms with van der Waals surface area (Å²) >= 11 is 0. The molecule has 0 aliphatic carbocycles. The number of aryl methyl sites for hydroxylation is 1. The number of halogens is 3. The van der Waals surface area contributed by atoms with Crippen molar-refractivity contribution in [3.05, 3.63) is 59.2 Å². The first kappa shape index (κ1) is 25.2. The molecule has 174 valence electrons. The number of rotatable bonds is 9. The van der Waals surface area contributed by atoms with Gasteiger partial charge in [-0.1, -0.05) is 36.8 Å². The highest BCUT2D eigenvalue weighted by Gasteiger charge is 2.43. The van der Waals surface area contributed by atoms with Crippen LogP contribution < -0.4 is 10.6 Å². The molecule has 2 aromatic carbocycles. The Morgan fingerprint density at radius 3 is 2.25 bits per heavy atom. The van der Waals surface area contributed by atoms with Crippen molar-refractivity contribution in [1.29, 1.82) is 0 Å². The van der Waals surface area contributed by atoms with E-state index < -0.39 is 30.2 Å². The van der Waals surface area contributed by atoms with E-state index in [0.717, 1.165) is 5.56 Å². The Hall–Kier alpha value is -3.07. The van der Waals surface area contributed by atoms with Gasteiger partial charge in [0, 0.05) is 23.5 Å². The van der Waals surface area contributed by atoms with Crippen LogP contribution in [0.2, 0.25) is 0 Å². The molecule has 0 bridgehead atoms. The molecule has 9 heteroatoms. The lowest BCUT2D eigenvalue weighted by molar-refractivity contribution is -0.222. The first-order chi connectivity index (χ1) is 15.0. The summed E-state index contributed by atoms with van der Waals surface area (Å²) in [4.78, 5) is 23.7. The Morgan fingerprint density at radius 1 is 1.06 bits per heavy atom. The normalized spacial score (nSPS) is 13.3. The third-order valence-corrected chi connectivity index (χ3v) is 4.93. The van der Waals surface area contributed by atoms with E-state index >= 15 is 0 Å². The molecular weight excluding hydrogens is 425 g/mol. The van der Waals surface area contributed by atoms with Crippen LogP contribution in [0.5, 0.6) is 0 Å². The number of carbonyl (C=O) groups excluding carboxylic acids is 1. The van der Waals surface area contributed by atoms with Gasteiger partial charge in [0.05, 0.1) is 6.42 Å². The number of carbonyl (C=O) groups is 2. The van der Waals surface area contributed by atoms with Crippen LogP contribution in [0.25, 0.3) is 0 Å².